The molecule has 2 rings (SSSR count). The Morgan fingerprint density at radius 3 is 2.43 bits per heavy atom. The summed E-state index contributed by atoms with van der Waals surface area (Å²) < 4.78 is 0. The third-order valence-corrected chi connectivity index (χ3v) is 4.48. The molecule has 1 unspecified atom stereocenters. The second-order valence-electron chi connectivity index (χ2n) is 7.47. The Kier molecular flexibility index (Phi) is 5.21. The molecule has 0 amide bonds. The van der Waals surface area contributed by atoms with Crippen LogP contribution in [0.15, 0.2) is 24.3 Å². The van der Waals surface area contributed by atoms with Crippen molar-refractivity contribution in [2.75, 3.05) is 6.54 Å². The van der Waals surface area contributed by atoms with Gasteiger partial charge in [0.15, 0.2) is 0 Å². The Morgan fingerprint density at radius 1 is 1.19 bits per heavy atom. The molecule has 0 aliphatic carbocycles. The van der Waals surface area contributed by atoms with Crippen LogP contribution in [-0.2, 0) is 16.8 Å². The number of hydrogen-bond acceptors (Lipinski definition) is 2. The van der Waals surface area contributed by atoms with Gasteiger partial charge in [0.2, 0.25) is 0 Å². The van der Waals surface area contributed by atoms with Crippen LogP contribution in [0.25, 0.3) is 0 Å². The van der Waals surface area contributed by atoms with Crippen molar-refractivity contribution < 1.29 is 4.79 Å². The van der Waals surface area contributed by atoms with Crippen LogP contribution in [0.2, 0.25) is 0 Å². The van der Waals surface area contributed by atoms with Crippen molar-refractivity contribution >= 4 is 5.78 Å². The van der Waals surface area contributed by atoms with Crippen molar-refractivity contribution in [1.82, 2.24) is 4.90 Å². The molecule has 1 saturated heterocycles. The molecule has 2 heteroatoms. The molecule has 1 aliphatic heterocycles. The average molecular weight is 287 g/mol. The first kappa shape index (κ1) is 16.2. The topological polar surface area (TPSA) is 20.3 Å². The van der Waals surface area contributed by atoms with E-state index in [1.165, 1.54) is 30.4 Å². The third-order valence-electron chi connectivity index (χ3n) is 4.48. The largest absolute Gasteiger partial charge is 0.300 e. The van der Waals surface area contributed by atoms with E-state index in [0.29, 0.717) is 18.2 Å². The average Bonchev–Trinajstić information content (AvgIpc) is 2.40. The SMILES string of the molecule is CC(=O)CC1CCCCN1Cc1ccc(C(C)(C)C)cc1. The van der Waals surface area contributed by atoms with Gasteiger partial charge in [-0.3, -0.25) is 9.69 Å². The van der Waals surface area contributed by atoms with E-state index in [1.807, 2.05) is 0 Å². The number of Topliss-reactive ketones (excluding diaryl/α,β-unsaturated/α-hetero) is 1. The zero-order valence-electron chi connectivity index (χ0n) is 14.0. The Morgan fingerprint density at radius 2 is 1.86 bits per heavy atom. The first-order valence-corrected chi connectivity index (χ1v) is 8.19. The highest BCUT2D eigenvalue weighted by molar-refractivity contribution is 5.76. The third kappa shape index (κ3) is 4.67. The van der Waals surface area contributed by atoms with Crippen LogP contribution >= 0.6 is 0 Å². The van der Waals surface area contributed by atoms with E-state index < -0.39 is 0 Å². The van der Waals surface area contributed by atoms with Gasteiger partial charge in [-0.1, -0.05) is 51.5 Å². The fourth-order valence-corrected chi connectivity index (χ4v) is 3.18. The van der Waals surface area contributed by atoms with Crippen molar-refractivity contribution in [3.8, 4) is 0 Å². The van der Waals surface area contributed by atoms with Crippen molar-refractivity contribution in [1.29, 1.82) is 0 Å². The molecule has 1 aromatic carbocycles. The molecule has 21 heavy (non-hydrogen) atoms. The maximum absolute atomic E-state index is 11.4. The van der Waals surface area contributed by atoms with Crippen LogP contribution in [-0.4, -0.2) is 23.3 Å². The van der Waals surface area contributed by atoms with Crippen molar-refractivity contribution in [2.45, 2.75) is 71.4 Å². The number of hydrogen-bond donors (Lipinski definition) is 0. The standard InChI is InChI=1S/C19H29NO/c1-15(21)13-18-7-5-6-12-20(18)14-16-8-10-17(11-9-16)19(2,3)4/h8-11,18H,5-7,12-14H2,1-4H3. The molecular formula is C19H29NO. The molecule has 0 aromatic heterocycles. The molecule has 1 aromatic rings. The van der Waals surface area contributed by atoms with Crippen LogP contribution < -0.4 is 0 Å². The highest BCUT2D eigenvalue weighted by atomic mass is 16.1. The van der Waals surface area contributed by atoms with E-state index in [9.17, 15) is 4.79 Å². The Hall–Kier alpha value is -1.15. The minimum Gasteiger partial charge on any atom is -0.300 e. The second-order valence-corrected chi connectivity index (χ2v) is 7.47. The van der Waals surface area contributed by atoms with Gasteiger partial charge in [0, 0.05) is 19.0 Å². The van der Waals surface area contributed by atoms with E-state index in [2.05, 4.69) is 49.9 Å². The summed E-state index contributed by atoms with van der Waals surface area (Å²) in [6.45, 7) is 10.5. The number of nitrogens with zero attached hydrogens (tertiary/aromatic N) is 1. The number of rotatable bonds is 4. The Bertz CT molecular complexity index is 469. The van der Waals surface area contributed by atoms with E-state index in [1.54, 1.807) is 6.92 Å². The zero-order valence-corrected chi connectivity index (χ0v) is 14.0. The monoisotopic (exact) mass is 287 g/mol. The number of carbonyl (C=O) groups is 1. The summed E-state index contributed by atoms with van der Waals surface area (Å²) in [6.07, 6.45) is 4.39. The number of piperidine rings is 1. The van der Waals surface area contributed by atoms with Gasteiger partial charge in [-0.25, -0.2) is 0 Å². The lowest BCUT2D eigenvalue weighted by Crippen LogP contribution is -2.39. The number of ketones is 1. The summed E-state index contributed by atoms with van der Waals surface area (Å²) in [5.74, 6) is 0.315. The predicted octanol–water partition coefficient (Wildman–Crippen LogP) is 4.32. The maximum atomic E-state index is 11.4. The first-order chi connectivity index (χ1) is 9.86. The second kappa shape index (κ2) is 6.74. The van der Waals surface area contributed by atoms with Crippen LogP contribution in [0.3, 0.4) is 0 Å². The van der Waals surface area contributed by atoms with Gasteiger partial charge in [0.1, 0.15) is 5.78 Å². The van der Waals surface area contributed by atoms with E-state index in [4.69, 9.17) is 0 Å². The van der Waals surface area contributed by atoms with Gasteiger partial charge < -0.3 is 0 Å². The number of carbonyl (C=O) groups excluding carboxylic acids is 1. The van der Waals surface area contributed by atoms with Gasteiger partial charge in [0.05, 0.1) is 0 Å². The minimum absolute atomic E-state index is 0.209. The van der Waals surface area contributed by atoms with Gasteiger partial charge >= 0.3 is 0 Å². The Labute approximate surface area is 129 Å². The van der Waals surface area contributed by atoms with Gasteiger partial charge in [-0.2, -0.15) is 0 Å². The summed E-state index contributed by atoms with van der Waals surface area (Å²) >= 11 is 0. The summed E-state index contributed by atoms with van der Waals surface area (Å²) in [5.41, 5.74) is 2.95. The van der Waals surface area contributed by atoms with Crippen LogP contribution in [0.1, 0.15) is 64.5 Å². The van der Waals surface area contributed by atoms with Crippen LogP contribution in [0.4, 0.5) is 0 Å². The van der Waals surface area contributed by atoms with Crippen molar-refractivity contribution in [3.05, 3.63) is 35.4 Å². The van der Waals surface area contributed by atoms with Gasteiger partial charge in [-0.05, 0) is 42.9 Å². The Balaban J connectivity index is 2.03. The lowest BCUT2D eigenvalue weighted by atomic mass is 9.86. The molecule has 1 heterocycles. The number of benzene rings is 1. The molecule has 1 fully saturated rings. The molecule has 116 valence electrons. The van der Waals surface area contributed by atoms with Crippen molar-refractivity contribution in [3.63, 3.8) is 0 Å². The summed E-state index contributed by atoms with van der Waals surface area (Å²) in [7, 11) is 0. The molecule has 0 radical (unpaired) electrons. The molecular weight excluding hydrogens is 258 g/mol. The molecule has 0 N–H and O–H groups in total. The van der Waals surface area contributed by atoms with Gasteiger partial charge in [0.25, 0.3) is 0 Å². The van der Waals surface area contributed by atoms with E-state index >= 15 is 0 Å². The summed E-state index contributed by atoms with van der Waals surface area (Å²) in [5, 5.41) is 0. The zero-order chi connectivity index (χ0) is 15.5. The van der Waals surface area contributed by atoms with Gasteiger partial charge in [-0.15, -0.1) is 0 Å². The lowest BCUT2D eigenvalue weighted by molar-refractivity contribution is -0.118. The van der Waals surface area contributed by atoms with Crippen molar-refractivity contribution in [2.24, 2.45) is 0 Å². The summed E-state index contributed by atoms with van der Waals surface area (Å²) in [6, 6.07) is 9.44. The molecule has 0 saturated carbocycles. The van der Waals surface area contributed by atoms with Crippen LogP contribution in [0.5, 0.6) is 0 Å². The number of likely N-dealkylation sites (tertiary alicyclic amines) is 1. The normalized spacial score (nSPS) is 20.5. The predicted molar refractivity (Wildman–Crippen MR) is 88.5 cm³/mol. The molecule has 2 nitrogen and oxygen atoms in total. The maximum Gasteiger partial charge on any atom is 0.131 e. The molecule has 0 spiro atoms. The lowest BCUT2D eigenvalue weighted by Gasteiger charge is -2.35. The highest BCUT2D eigenvalue weighted by Crippen LogP contribution is 2.25. The minimum atomic E-state index is 0.209. The van der Waals surface area contributed by atoms with E-state index in [-0.39, 0.29) is 5.41 Å². The molecule has 1 atom stereocenters. The quantitative estimate of drug-likeness (QED) is 0.822. The summed E-state index contributed by atoms with van der Waals surface area (Å²) in [4.78, 5) is 13.9. The van der Waals surface area contributed by atoms with E-state index in [0.717, 1.165) is 13.1 Å². The molecule has 1 aliphatic rings. The fourth-order valence-electron chi connectivity index (χ4n) is 3.18. The first-order valence-electron chi connectivity index (χ1n) is 8.19. The molecule has 0 bridgehead atoms. The van der Waals surface area contributed by atoms with Crippen LogP contribution in [0, 0.1) is 0 Å². The highest BCUT2D eigenvalue weighted by Gasteiger charge is 2.23. The smallest absolute Gasteiger partial charge is 0.131 e. The fraction of sp³-hybridized carbons (Fsp3) is 0.632.